The van der Waals surface area contributed by atoms with Gasteiger partial charge in [0, 0.05) is 17.9 Å². The van der Waals surface area contributed by atoms with E-state index in [1.165, 1.54) is 18.1 Å². The van der Waals surface area contributed by atoms with Gasteiger partial charge < -0.3 is 9.73 Å². The number of furan rings is 1. The van der Waals surface area contributed by atoms with Crippen LogP contribution >= 0.6 is 11.8 Å². The smallest absolute Gasteiger partial charge is 0.251 e. The maximum atomic E-state index is 12.9. The third kappa shape index (κ3) is 5.02. The van der Waals surface area contributed by atoms with Crippen LogP contribution in [0.15, 0.2) is 58.6 Å². The molecule has 0 aliphatic heterocycles. The highest BCUT2D eigenvalue weighted by atomic mass is 32.2. The van der Waals surface area contributed by atoms with Gasteiger partial charge in [0.1, 0.15) is 12.1 Å². The fraction of sp³-hybridized carbons (Fsp3) is 0.350. The summed E-state index contributed by atoms with van der Waals surface area (Å²) >= 11 is 1.51. The van der Waals surface area contributed by atoms with E-state index in [4.69, 9.17) is 4.42 Å². The highest BCUT2D eigenvalue weighted by Crippen LogP contribution is 2.23. The molecule has 0 saturated carbocycles. The highest BCUT2D eigenvalue weighted by Gasteiger charge is 2.22. The van der Waals surface area contributed by atoms with E-state index in [-0.39, 0.29) is 11.9 Å². The number of carbonyl (C=O) groups is 1. The minimum Gasteiger partial charge on any atom is -0.468 e. The van der Waals surface area contributed by atoms with Crippen molar-refractivity contribution < 1.29 is 9.21 Å². The van der Waals surface area contributed by atoms with Crippen molar-refractivity contribution in [1.29, 1.82) is 0 Å². The molecule has 2 N–H and O–H groups in total. The molecule has 1 aromatic carbocycles. The number of amides is 1. The van der Waals surface area contributed by atoms with E-state index in [2.05, 4.69) is 39.2 Å². The van der Waals surface area contributed by atoms with Gasteiger partial charge in [-0.15, -0.1) is 0 Å². The van der Waals surface area contributed by atoms with Gasteiger partial charge in [-0.3, -0.25) is 14.8 Å². The quantitative estimate of drug-likeness (QED) is 0.508. The first-order chi connectivity index (χ1) is 13.7. The van der Waals surface area contributed by atoms with Gasteiger partial charge in [0.25, 0.3) is 5.91 Å². The van der Waals surface area contributed by atoms with Gasteiger partial charge in [0.2, 0.25) is 0 Å². The van der Waals surface area contributed by atoms with Crippen LogP contribution in [-0.2, 0) is 5.75 Å². The molecule has 0 fully saturated rings. The molecule has 148 valence electrons. The Hall–Kier alpha value is -2.58. The average Bonchev–Trinajstić information content (AvgIpc) is 3.44. The van der Waals surface area contributed by atoms with Crippen LogP contribution in [0.2, 0.25) is 0 Å². The van der Waals surface area contributed by atoms with Gasteiger partial charge >= 0.3 is 0 Å². The molecule has 2 heterocycles. The molecule has 0 saturated heterocycles. The number of likely N-dealkylation sites (N-methyl/N-ethyl adjacent to an activating group) is 1. The van der Waals surface area contributed by atoms with E-state index in [9.17, 15) is 4.79 Å². The average molecular weight is 400 g/mol. The summed E-state index contributed by atoms with van der Waals surface area (Å²) < 4.78 is 5.61. The van der Waals surface area contributed by atoms with Crippen LogP contribution in [-0.4, -0.2) is 45.6 Å². The number of nitrogens with one attached hydrogen (secondary N) is 2. The fourth-order valence-electron chi connectivity index (χ4n) is 3.12. The van der Waals surface area contributed by atoms with Crippen LogP contribution in [0.3, 0.4) is 0 Å². The second-order valence-corrected chi connectivity index (χ2v) is 7.16. The summed E-state index contributed by atoms with van der Waals surface area (Å²) in [6, 6.07) is 11.5. The van der Waals surface area contributed by atoms with E-state index in [1.807, 2.05) is 36.4 Å². The summed E-state index contributed by atoms with van der Waals surface area (Å²) in [5, 5.41) is 10.5. The predicted molar refractivity (Wildman–Crippen MR) is 109 cm³/mol. The Morgan fingerprint density at radius 1 is 1.25 bits per heavy atom. The van der Waals surface area contributed by atoms with Crippen LogP contribution in [0.5, 0.6) is 0 Å². The van der Waals surface area contributed by atoms with Gasteiger partial charge in [0.15, 0.2) is 5.16 Å². The van der Waals surface area contributed by atoms with Crippen molar-refractivity contribution in [3.8, 4) is 0 Å². The highest BCUT2D eigenvalue weighted by molar-refractivity contribution is 7.98. The molecule has 7 nitrogen and oxygen atoms in total. The van der Waals surface area contributed by atoms with Gasteiger partial charge in [0.05, 0.1) is 12.3 Å². The molecule has 1 amide bonds. The molecule has 8 heteroatoms. The van der Waals surface area contributed by atoms with Crippen molar-refractivity contribution in [1.82, 2.24) is 25.4 Å². The SMILES string of the molecule is CCN(CC)C(CNC(=O)c1ccccc1CSc1ncn[nH]1)c1ccco1. The maximum absolute atomic E-state index is 12.9. The van der Waals surface area contributed by atoms with Crippen molar-refractivity contribution in [2.45, 2.75) is 30.8 Å². The lowest BCUT2D eigenvalue weighted by atomic mass is 10.1. The number of carbonyl (C=O) groups excluding carboxylic acids is 1. The zero-order chi connectivity index (χ0) is 19.8. The Labute approximate surface area is 168 Å². The largest absolute Gasteiger partial charge is 0.468 e. The van der Waals surface area contributed by atoms with Gasteiger partial charge in [-0.25, -0.2) is 4.98 Å². The lowest BCUT2D eigenvalue weighted by Gasteiger charge is -2.28. The summed E-state index contributed by atoms with van der Waals surface area (Å²) in [6.45, 7) is 6.45. The molecule has 0 aliphatic rings. The Kier molecular flexibility index (Phi) is 7.27. The Morgan fingerprint density at radius 2 is 2.07 bits per heavy atom. The molecule has 28 heavy (non-hydrogen) atoms. The topological polar surface area (TPSA) is 87.0 Å². The van der Waals surface area contributed by atoms with Crippen molar-refractivity contribution in [2.24, 2.45) is 0 Å². The lowest BCUT2D eigenvalue weighted by Crippen LogP contribution is -2.38. The first-order valence-corrected chi connectivity index (χ1v) is 10.3. The van der Waals surface area contributed by atoms with Crippen LogP contribution in [0, 0.1) is 0 Å². The molecule has 3 rings (SSSR count). The molecule has 1 atom stereocenters. The number of H-pyrrole nitrogens is 1. The van der Waals surface area contributed by atoms with Crippen LogP contribution in [0.1, 0.15) is 41.6 Å². The Balaban J connectivity index is 1.68. The summed E-state index contributed by atoms with van der Waals surface area (Å²) in [5.41, 5.74) is 1.63. The minimum atomic E-state index is -0.0857. The summed E-state index contributed by atoms with van der Waals surface area (Å²) in [6.07, 6.45) is 3.15. The second kappa shape index (κ2) is 10.1. The number of aromatic amines is 1. The van der Waals surface area contributed by atoms with Gasteiger partial charge in [-0.2, -0.15) is 5.10 Å². The second-order valence-electron chi connectivity index (χ2n) is 6.20. The van der Waals surface area contributed by atoms with Crippen molar-refractivity contribution in [2.75, 3.05) is 19.6 Å². The molecule has 0 aliphatic carbocycles. The van der Waals surface area contributed by atoms with Crippen LogP contribution in [0.4, 0.5) is 0 Å². The summed E-state index contributed by atoms with van der Waals surface area (Å²) in [4.78, 5) is 19.3. The van der Waals surface area contributed by atoms with Crippen LogP contribution < -0.4 is 5.32 Å². The molecule has 3 aromatic rings. The molecule has 2 aromatic heterocycles. The number of thioether (sulfide) groups is 1. The number of nitrogens with zero attached hydrogens (tertiary/aromatic N) is 3. The monoisotopic (exact) mass is 399 g/mol. The number of hydrogen-bond donors (Lipinski definition) is 2. The normalized spacial score (nSPS) is 12.2. The number of benzene rings is 1. The van der Waals surface area contributed by atoms with E-state index in [0.717, 1.165) is 29.6 Å². The molecular weight excluding hydrogens is 374 g/mol. The number of aromatic nitrogens is 3. The van der Waals surface area contributed by atoms with Crippen molar-refractivity contribution in [3.05, 3.63) is 65.9 Å². The predicted octanol–water partition coefficient (Wildman–Crippen LogP) is 3.50. The third-order valence-corrected chi connectivity index (χ3v) is 5.53. The van der Waals surface area contributed by atoms with E-state index >= 15 is 0 Å². The first-order valence-electron chi connectivity index (χ1n) is 9.34. The van der Waals surface area contributed by atoms with Crippen molar-refractivity contribution >= 4 is 17.7 Å². The maximum Gasteiger partial charge on any atom is 0.251 e. The van der Waals surface area contributed by atoms with Gasteiger partial charge in [-0.05, 0) is 36.9 Å². The summed E-state index contributed by atoms with van der Waals surface area (Å²) in [5.74, 6) is 1.41. The van der Waals surface area contributed by atoms with E-state index < -0.39 is 0 Å². The van der Waals surface area contributed by atoms with Crippen molar-refractivity contribution in [3.63, 3.8) is 0 Å². The summed E-state index contributed by atoms with van der Waals surface area (Å²) in [7, 11) is 0. The number of rotatable bonds is 10. The van der Waals surface area contributed by atoms with Crippen LogP contribution in [0.25, 0.3) is 0 Å². The van der Waals surface area contributed by atoms with Gasteiger partial charge in [-0.1, -0.05) is 43.8 Å². The van der Waals surface area contributed by atoms with E-state index in [1.54, 1.807) is 6.26 Å². The Bertz CT molecular complexity index is 847. The number of hydrogen-bond acceptors (Lipinski definition) is 6. The first kappa shape index (κ1) is 20.2. The molecular formula is C20H25N5O2S. The zero-order valence-electron chi connectivity index (χ0n) is 16.1. The molecule has 0 spiro atoms. The Morgan fingerprint density at radius 3 is 2.75 bits per heavy atom. The van der Waals surface area contributed by atoms with E-state index in [0.29, 0.717) is 17.9 Å². The minimum absolute atomic E-state index is 0.00433. The molecule has 1 unspecified atom stereocenters. The fourth-order valence-corrected chi connectivity index (χ4v) is 3.90. The standard InChI is InChI=1S/C20H25N5O2S/c1-3-25(4-2)17(18-10-7-11-27-18)12-21-19(26)16-9-6-5-8-15(16)13-28-20-22-14-23-24-20/h5-11,14,17H,3-4,12-13H2,1-2H3,(H,21,26)(H,22,23,24). The lowest BCUT2D eigenvalue weighted by molar-refractivity contribution is 0.0929. The molecule has 0 radical (unpaired) electrons. The zero-order valence-corrected chi connectivity index (χ0v) is 16.9. The third-order valence-electron chi connectivity index (χ3n) is 4.60. The molecule has 0 bridgehead atoms.